The van der Waals surface area contributed by atoms with E-state index < -0.39 is 5.82 Å². The number of hydrogen-bond acceptors (Lipinski definition) is 4. The van der Waals surface area contributed by atoms with E-state index in [1.54, 1.807) is 17.2 Å². The van der Waals surface area contributed by atoms with Crippen molar-refractivity contribution in [1.82, 2.24) is 14.9 Å². The molecule has 0 bridgehead atoms. The molecule has 0 aliphatic carbocycles. The van der Waals surface area contributed by atoms with Crippen molar-refractivity contribution in [3.8, 4) is 0 Å². The largest absolute Gasteiger partial charge is 0.353 e. The highest BCUT2D eigenvalue weighted by atomic mass is 35.5. The highest BCUT2D eigenvalue weighted by Gasteiger charge is 2.25. The molecule has 1 aliphatic rings. The van der Waals surface area contributed by atoms with Crippen LogP contribution < -0.4 is 4.90 Å². The molecule has 1 aliphatic heterocycles. The van der Waals surface area contributed by atoms with Crippen molar-refractivity contribution in [3.63, 3.8) is 0 Å². The molecule has 1 aromatic heterocycles. The van der Waals surface area contributed by atoms with Crippen LogP contribution in [0.25, 0.3) is 0 Å². The van der Waals surface area contributed by atoms with Crippen molar-refractivity contribution >= 4 is 23.3 Å². The number of carbonyl (C=O) groups excluding carboxylic acids is 1. The summed E-state index contributed by atoms with van der Waals surface area (Å²) in [6.45, 7) is 4.24. The van der Waals surface area contributed by atoms with Crippen LogP contribution in [0.2, 0.25) is 5.02 Å². The number of anilines is 1. The number of aryl methyl sites for hydroxylation is 1. The Morgan fingerprint density at radius 3 is 2.65 bits per heavy atom. The molecule has 2 heterocycles. The summed E-state index contributed by atoms with van der Waals surface area (Å²) < 4.78 is 13.5. The zero-order chi connectivity index (χ0) is 16.4. The number of halogens is 2. The van der Waals surface area contributed by atoms with Gasteiger partial charge in [0.2, 0.25) is 0 Å². The van der Waals surface area contributed by atoms with Gasteiger partial charge in [0.25, 0.3) is 5.91 Å². The van der Waals surface area contributed by atoms with Crippen molar-refractivity contribution in [2.45, 2.75) is 6.92 Å². The fourth-order valence-corrected chi connectivity index (χ4v) is 2.80. The van der Waals surface area contributed by atoms with E-state index in [0.717, 1.165) is 5.82 Å². The van der Waals surface area contributed by atoms with Gasteiger partial charge < -0.3 is 9.80 Å². The first kappa shape index (κ1) is 15.7. The van der Waals surface area contributed by atoms with Crippen molar-refractivity contribution in [3.05, 3.63) is 52.7 Å². The molecule has 1 amide bonds. The predicted molar refractivity (Wildman–Crippen MR) is 86.3 cm³/mol. The summed E-state index contributed by atoms with van der Waals surface area (Å²) in [7, 11) is 0. The minimum absolute atomic E-state index is 0.119. The summed E-state index contributed by atoms with van der Waals surface area (Å²) in [6, 6.07) is 6.14. The van der Waals surface area contributed by atoms with Gasteiger partial charge in [-0.1, -0.05) is 17.7 Å². The zero-order valence-electron chi connectivity index (χ0n) is 12.7. The summed E-state index contributed by atoms with van der Waals surface area (Å²) in [5.74, 6) is 0.751. The maximum absolute atomic E-state index is 13.5. The lowest BCUT2D eigenvalue weighted by atomic mass is 10.1. The lowest BCUT2D eigenvalue weighted by Crippen LogP contribution is -2.49. The van der Waals surface area contributed by atoms with Crippen LogP contribution >= 0.6 is 11.6 Å². The second-order valence-corrected chi connectivity index (χ2v) is 5.72. The van der Waals surface area contributed by atoms with E-state index in [-0.39, 0.29) is 16.5 Å². The van der Waals surface area contributed by atoms with Gasteiger partial charge in [0.15, 0.2) is 0 Å². The Balaban J connectivity index is 1.69. The van der Waals surface area contributed by atoms with Gasteiger partial charge >= 0.3 is 0 Å². The molecule has 0 unspecified atom stereocenters. The van der Waals surface area contributed by atoms with Crippen LogP contribution in [-0.4, -0.2) is 47.0 Å². The molecule has 1 fully saturated rings. The number of hydrogen-bond donors (Lipinski definition) is 0. The lowest BCUT2D eigenvalue weighted by Gasteiger charge is -2.35. The van der Waals surface area contributed by atoms with Crippen molar-refractivity contribution in [2.24, 2.45) is 0 Å². The van der Waals surface area contributed by atoms with Crippen molar-refractivity contribution in [2.75, 3.05) is 31.1 Å². The van der Waals surface area contributed by atoms with Crippen LogP contribution in [0.1, 0.15) is 16.2 Å². The van der Waals surface area contributed by atoms with Crippen LogP contribution in [0.5, 0.6) is 0 Å². The lowest BCUT2D eigenvalue weighted by molar-refractivity contribution is 0.0746. The molecular formula is C16H16ClFN4O. The number of amides is 1. The fraction of sp³-hybridized carbons (Fsp3) is 0.312. The van der Waals surface area contributed by atoms with Gasteiger partial charge in [0, 0.05) is 32.4 Å². The predicted octanol–water partition coefficient (Wildman–Crippen LogP) is 2.54. The maximum Gasteiger partial charge on any atom is 0.255 e. The third kappa shape index (κ3) is 3.27. The van der Waals surface area contributed by atoms with E-state index in [0.29, 0.717) is 32.0 Å². The van der Waals surface area contributed by atoms with Gasteiger partial charge in [-0.05, 0) is 25.1 Å². The highest BCUT2D eigenvalue weighted by Crippen LogP contribution is 2.22. The van der Waals surface area contributed by atoms with Crippen LogP contribution in [0.15, 0.2) is 30.5 Å². The average Bonchev–Trinajstić information content (AvgIpc) is 2.57. The Bertz CT molecular complexity index is 732. The van der Waals surface area contributed by atoms with Crippen LogP contribution in [0, 0.1) is 12.7 Å². The van der Waals surface area contributed by atoms with E-state index >= 15 is 0 Å². The molecule has 1 aromatic carbocycles. The number of nitrogens with zero attached hydrogens (tertiary/aromatic N) is 4. The molecule has 120 valence electrons. The van der Waals surface area contributed by atoms with Crippen LogP contribution in [0.4, 0.5) is 10.2 Å². The van der Waals surface area contributed by atoms with Gasteiger partial charge in [0.05, 0.1) is 10.6 Å². The number of rotatable bonds is 2. The standard InChI is InChI=1S/C16H16ClFN4O/c1-11-19-6-5-14(20-11)21-7-9-22(10-8-21)16(23)12-3-2-4-13(18)15(12)17/h2-6H,7-10H2,1H3. The van der Waals surface area contributed by atoms with Crippen molar-refractivity contribution in [1.29, 1.82) is 0 Å². The molecule has 1 saturated heterocycles. The van der Waals surface area contributed by atoms with Gasteiger partial charge in [-0.25, -0.2) is 14.4 Å². The Morgan fingerprint density at radius 1 is 1.22 bits per heavy atom. The molecule has 0 radical (unpaired) electrons. The molecular weight excluding hydrogens is 319 g/mol. The Morgan fingerprint density at radius 2 is 1.96 bits per heavy atom. The smallest absolute Gasteiger partial charge is 0.255 e. The molecule has 5 nitrogen and oxygen atoms in total. The van der Waals surface area contributed by atoms with Crippen LogP contribution in [-0.2, 0) is 0 Å². The Labute approximate surface area is 138 Å². The van der Waals surface area contributed by atoms with E-state index in [1.165, 1.54) is 12.1 Å². The second kappa shape index (κ2) is 6.50. The molecule has 3 rings (SSSR count). The van der Waals surface area contributed by atoms with Crippen molar-refractivity contribution < 1.29 is 9.18 Å². The van der Waals surface area contributed by atoms with Gasteiger partial charge in [-0.15, -0.1) is 0 Å². The zero-order valence-corrected chi connectivity index (χ0v) is 13.4. The Kier molecular flexibility index (Phi) is 4.43. The molecule has 0 spiro atoms. The summed E-state index contributed by atoms with van der Waals surface area (Å²) in [5.41, 5.74) is 0.206. The summed E-state index contributed by atoms with van der Waals surface area (Å²) >= 11 is 5.90. The summed E-state index contributed by atoms with van der Waals surface area (Å²) in [5, 5.41) is -0.119. The second-order valence-electron chi connectivity index (χ2n) is 5.34. The number of aromatic nitrogens is 2. The van der Waals surface area contributed by atoms with Gasteiger partial charge in [-0.3, -0.25) is 4.79 Å². The number of piperazine rings is 1. The monoisotopic (exact) mass is 334 g/mol. The van der Waals surface area contributed by atoms with E-state index in [1.807, 2.05) is 13.0 Å². The molecule has 2 aromatic rings. The van der Waals surface area contributed by atoms with Gasteiger partial charge in [-0.2, -0.15) is 0 Å². The van der Waals surface area contributed by atoms with E-state index in [4.69, 9.17) is 11.6 Å². The average molecular weight is 335 g/mol. The third-order valence-corrected chi connectivity index (χ3v) is 4.22. The number of carbonyl (C=O) groups is 1. The van der Waals surface area contributed by atoms with E-state index in [2.05, 4.69) is 14.9 Å². The first-order valence-electron chi connectivity index (χ1n) is 7.34. The minimum Gasteiger partial charge on any atom is -0.353 e. The molecule has 0 saturated carbocycles. The SMILES string of the molecule is Cc1nccc(N2CCN(C(=O)c3cccc(F)c3Cl)CC2)n1. The normalized spacial score (nSPS) is 14.9. The third-order valence-electron chi connectivity index (χ3n) is 3.83. The van der Waals surface area contributed by atoms with Gasteiger partial charge in [0.1, 0.15) is 17.5 Å². The summed E-state index contributed by atoms with van der Waals surface area (Å²) in [4.78, 5) is 24.8. The first-order chi connectivity index (χ1) is 11.1. The summed E-state index contributed by atoms with van der Waals surface area (Å²) in [6.07, 6.45) is 1.72. The topological polar surface area (TPSA) is 49.3 Å². The van der Waals surface area contributed by atoms with Crippen LogP contribution in [0.3, 0.4) is 0 Å². The first-order valence-corrected chi connectivity index (χ1v) is 7.72. The molecule has 0 N–H and O–H groups in total. The number of benzene rings is 1. The highest BCUT2D eigenvalue weighted by molar-refractivity contribution is 6.34. The molecule has 0 atom stereocenters. The minimum atomic E-state index is -0.576. The van der Waals surface area contributed by atoms with E-state index in [9.17, 15) is 9.18 Å². The molecule has 7 heteroatoms. The Hall–Kier alpha value is -2.21. The maximum atomic E-state index is 13.5. The quantitative estimate of drug-likeness (QED) is 0.847. The fourth-order valence-electron chi connectivity index (χ4n) is 2.60. The molecule has 23 heavy (non-hydrogen) atoms.